The first-order valence-corrected chi connectivity index (χ1v) is 2.45. The molecule has 0 radical (unpaired) electrons. The Balaban J connectivity index is 3.61. The zero-order chi connectivity index (χ0) is 9.07. The Morgan fingerprint density at radius 2 is 1.55 bits per heavy atom. The normalized spacial score (nSPS) is 15.5. The van der Waals surface area contributed by atoms with Crippen LogP contribution in [-0.2, 0) is 4.74 Å². The van der Waals surface area contributed by atoms with Crippen molar-refractivity contribution >= 4 is 0 Å². The van der Waals surface area contributed by atoms with Crippen molar-refractivity contribution in [3.63, 3.8) is 0 Å². The van der Waals surface area contributed by atoms with Crippen LogP contribution in [-0.4, -0.2) is 19.1 Å². The van der Waals surface area contributed by atoms with Gasteiger partial charge in [-0.1, -0.05) is 0 Å². The first-order chi connectivity index (χ1) is 4.81. The predicted octanol–water partition coefficient (Wildman–Crippen LogP) is 2.47. The van der Waals surface area contributed by atoms with E-state index in [0.29, 0.717) is 0 Å². The van der Waals surface area contributed by atoms with E-state index in [0.717, 1.165) is 0 Å². The van der Waals surface area contributed by atoms with E-state index in [9.17, 15) is 26.3 Å². The van der Waals surface area contributed by atoms with Crippen LogP contribution in [0.4, 0.5) is 26.3 Å². The number of alkyl halides is 6. The van der Waals surface area contributed by atoms with Gasteiger partial charge in [-0.15, -0.1) is 0 Å². The topological polar surface area (TPSA) is 9.23 Å². The molecule has 0 rings (SSSR count). The number of halogens is 6. The molecular weight excluding hydrogens is 178 g/mol. The van der Waals surface area contributed by atoms with Gasteiger partial charge in [0.1, 0.15) is 0 Å². The summed E-state index contributed by atoms with van der Waals surface area (Å²) < 4.78 is 70.3. The molecule has 0 bridgehead atoms. The van der Waals surface area contributed by atoms with Gasteiger partial charge in [0.25, 0.3) is 0 Å². The van der Waals surface area contributed by atoms with Crippen molar-refractivity contribution in [2.45, 2.75) is 25.6 Å². The van der Waals surface area contributed by atoms with Gasteiger partial charge in [-0.25, -0.2) is 4.39 Å². The lowest BCUT2D eigenvalue weighted by Gasteiger charge is -2.10. The average Bonchev–Trinajstić information content (AvgIpc) is 1.53. The van der Waals surface area contributed by atoms with Gasteiger partial charge < -0.3 is 0 Å². The maximum absolute atomic E-state index is 11.7. The lowest BCUT2D eigenvalue weighted by atomic mass is 10.4. The Labute approximate surface area is 57.9 Å². The molecule has 0 heterocycles. The molecule has 0 saturated heterocycles. The van der Waals surface area contributed by atoms with Crippen molar-refractivity contribution in [1.29, 1.82) is 0 Å². The molecule has 0 amide bonds. The Hall–Kier alpha value is -0.460. The molecule has 0 aromatic rings. The Bertz CT molecular complexity index is 110. The van der Waals surface area contributed by atoms with E-state index in [1.807, 2.05) is 0 Å². The third-order valence-electron chi connectivity index (χ3n) is 0.642. The molecule has 0 saturated carbocycles. The Morgan fingerprint density at radius 1 is 1.09 bits per heavy atom. The molecule has 0 fully saturated rings. The molecule has 0 aromatic heterocycles. The van der Waals surface area contributed by atoms with Crippen LogP contribution in [0.15, 0.2) is 0 Å². The molecule has 0 aliphatic heterocycles. The zero-order valence-corrected chi connectivity index (χ0v) is 5.04. The maximum Gasteiger partial charge on any atom is 0.394 e. The summed E-state index contributed by atoms with van der Waals surface area (Å²) in [5.41, 5.74) is 0. The minimum absolute atomic E-state index is 2.02. The second-order valence-corrected chi connectivity index (χ2v) is 1.63. The van der Waals surface area contributed by atoms with Crippen LogP contribution in [0.2, 0.25) is 0 Å². The highest BCUT2D eigenvalue weighted by Gasteiger charge is 2.33. The molecule has 1 atom stereocenters. The smallest absolute Gasteiger partial charge is 0.288 e. The largest absolute Gasteiger partial charge is 0.394 e. The van der Waals surface area contributed by atoms with Crippen LogP contribution in [0.3, 0.4) is 0 Å². The summed E-state index contributed by atoms with van der Waals surface area (Å²) in [6, 6.07) is 0. The molecule has 0 spiro atoms. The van der Waals surface area contributed by atoms with Crippen molar-refractivity contribution in [3.8, 4) is 0 Å². The first kappa shape index (κ1) is 10.5. The van der Waals surface area contributed by atoms with E-state index in [1.165, 1.54) is 0 Å². The highest BCUT2D eigenvalue weighted by molar-refractivity contribution is 4.52. The van der Waals surface area contributed by atoms with E-state index in [4.69, 9.17) is 0 Å². The van der Waals surface area contributed by atoms with Crippen molar-refractivity contribution in [2.24, 2.45) is 0 Å². The van der Waals surface area contributed by atoms with Gasteiger partial charge in [-0.05, 0) is 0 Å². The van der Waals surface area contributed by atoms with Gasteiger partial charge in [-0.2, -0.15) is 22.0 Å². The molecule has 0 aromatic carbocycles. The van der Waals surface area contributed by atoms with Crippen LogP contribution < -0.4 is 0 Å². The number of rotatable bonds is 3. The van der Waals surface area contributed by atoms with Crippen molar-refractivity contribution < 1.29 is 31.1 Å². The predicted molar refractivity (Wildman–Crippen MR) is 22.7 cm³/mol. The summed E-state index contributed by atoms with van der Waals surface area (Å²) in [5.74, 6) is 0. The van der Waals surface area contributed by atoms with E-state index in [1.54, 1.807) is 0 Å². The Kier molecular flexibility index (Phi) is 3.64. The van der Waals surface area contributed by atoms with E-state index in [2.05, 4.69) is 4.74 Å². The lowest BCUT2D eigenvalue weighted by molar-refractivity contribution is -0.239. The summed E-state index contributed by atoms with van der Waals surface area (Å²) in [4.78, 5) is 0. The molecule has 0 aliphatic rings. The van der Waals surface area contributed by atoms with E-state index in [-0.39, 0.29) is 0 Å². The molecule has 1 unspecified atom stereocenters. The molecule has 0 aliphatic carbocycles. The molecule has 11 heavy (non-hydrogen) atoms. The highest BCUT2D eigenvalue weighted by Crippen LogP contribution is 2.24. The van der Waals surface area contributed by atoms with Gasteiger partial charge in [0, 0.05) is 0 Å². The second-order valence-electron chi connectivity index (χ2n) is 1.63. The van der Waals surface area contributed by atoms with Crippen molar-refractivity contribution in [2.75, 3.05) is 0 Å². The van der Waals surface area contributed by atoms with Gasteiger partial charge in [-0.3, -0.25) is 4.74 Å². The minimum Gasteiger partial charge on any atom is -0.288 e. The third kappa shape index (κ3) is 7.44. The fourth-order valence-corrected chi connectivity index (χ4v) is 0.342. The van der Waals surface area contributed by atoms with Crippen LogP contribution in [0.1, 0.15) is 6.42 Å². The van der Waals surface area contributed by atoms with E-state index < -0.39 is 25.6 Å². The summed E-state index contributed by atoms with van der Waals surface area (Å²) in [7, 11) is 0. The minimum atomic E-state index is -4.83. The molecular formula is C4H4F6O. The standard InChI is InChI=1S/C4H4F6O/c5-2(11-3(6)7)1-4(8,9)10/h2-3H,1H2. The fraction of sp³-hybridized carbons (Fsp3) is 1.00. The first-order valence-electron chi connectivity index (χ1n) is 2.45. The van der Waals surface area contributed by atoms with Gasteiger partial charge in [0.05, 0.1) is 6.42 Å². The SMILES string of the molecule is FC(F)OC(F)CC(F)(F)F. The van der Waals surface area contributed by atoms with Crippen molar-refractivity contribution in [3.05, 3.63) is 0 Å². The average molecular weight is 182 g/mol. The lowest BCUT2D eigenvalue weighted by Crippen LogP contribution is -2.20. The third-order valence-corrected chi connectivity index (χ3v) is 0.642. The summed E-state index contributed by atoms with van der Waals surface area (Å²) in [6.45, 7) is -3.52. The van der Waals surface area contributed by atoms with Gasteiger partial charge in [0.15, 0.2) is 0 Å². The van der Waals surface area contributed by atoms with Crippen LogP contribution in [0, 0.1) is 0 Å². The fourth-order valence-electron chi connectivity index (χ4n) is 0.342. The maximum atomic E-state index is 11.7. The van der Waals surface area contributed by atoms with Crippen LogP contribution >= 0.6 is 0 Å². The quantitative estimate of drug-likeness (QED) is 0.609. The molecule has 7 heteroatoms. The van der Waals surface area contributed by atoms with Crippen molar-refractivity contribution in [1.82, 2.24) is 0 Å². The summed E-state index contributed by atoms with van der Waals surface area (Å²) in [6.07, 6.45) is -9.83. The van der Waals surface area contributed by atoms with E-state index >= 15 is 0 Å². The van der Waals surface area contributed by atoms with Gasteiger partial charge >= 0.3 is 12.8 Å². The molecule has 0 N–H and O–H groups in total. The Morgan fingerprint density at radius 3 is 1.82 bits per heavy atom. The van der Waals surface area contributed by atoms with Gasteiger partial charge in [0.2, 0.25) is 6.36 Å². The second kappa shape index (κ2) is 3.80. The summed E-state index contributed by atoms with van der Waals surface area (Å²) >= 11 is 0. The number of hydrogen-bond acceptors (Lipinski definition) is 1. The zero-order valence-electron chi connectivity index (χ0n) is 5.04. The molecule has 1 nitrogen and oxygen atoms in total. The summed E-state index contributed by atoms with van der Waals surface area (Å²) in [5, 5.41) is 0. The number of hydrogen-bond donors (Lipinski definition) is 0. The monoisotopic (exact) mass is 182 g/mol. The van der Waals surface area contributed by atoms with Crippen LogP contribution in [0.5, 0.6) is 0 Å². The molecule has 68 valence electrons. The number of ether oxygens (including phenoxy) is 1. The van der Waals surface area contributed by atoms with Crippen LogP contribution in [0.25, 0.3) is 0 Å². The highest BCUT2D eigenvalue weighted by atomic mass is 19.4.